The molecule has 164 valence electrons. The van der Waals surface area contributed by atoms with E-state index in [4.69, 9.17) is 9.72 Å². The number of rotatable bonds is 6. The molecule has 0 saturated heterocycles. The van der Waals surface area contributed by atoms with Crippen LogP contribution in [0.25, 0.3) is 22.2 Å². The molecule has 0 aliphatic carbocycles. The molecule has 3 heterocycles. The van der Waals surface area contributed by atoms with E-state index in [1.807, 2.05) is 49.7 Å². The number of amides is 1. The molecule has 0 fully saturated rings. The van der Waals surface area contributed by atoms with Gasteiger partial charge in [0, 0.05) is 35.9 Å². The van der Waals surface area contributed by atoms with Crippen LogP contribution in [0, 0.1) is 6.92 Å². The monoisotopic (exact) mass is 432 g/mol. The van der Waals surface area contributed by atoms with Gasteiger partial charge in [0.15, 0.2) is 5.69 Å². The SMILES string of the molecule is CCn1cc(NC(=O)c2cc(-c3cnn(CC)c3C)nc3ccccc23)c(C(=O)OC)n1. The van der Waals surface area contributed by atoms with Crippen molar-refractivity contribution in [3.05, 3.63) is 59.7 Å². The van der Waals surface area contributed by atoms with Crippen molar-refractivity contribution < 1.29 is 14.3 Å². The molecular weight excluding hydrogens is 408 g/mol. The first-order valence-electron chi connectivity index (χ1n) is 10.4. The third-order valence-corrected chi connectivity index (χ3v) is 5.35. The van der Waals surface area contributed by atoms with Gasteiger partial charge in [-0.1, -0.05) is 18.2 Å². The van der Waals surface area contributed by atoms with E-state index in [0.717, 1.165) is 17.8 Å². The summed E-state index contributed by atoms with van der Waals surface area (Å²) in [7, 11) is 1.28. The summed E-state index contributed by atoms with van der Waals surface area (Å²) >= 11 is 0. The number of nitrogens with one attached hydrogen (secondary N) is 1. The van der Waals surface area contributed by atoms with Crippen molar-refractivity contribution in [2.24, 2.45) is 0 Å². The predicted molar refractivity (Wildman–Crippen MR) is 121 cm³/mol. The summed E-state index contributed by atoms with van der Waals surface area (Å²) in [6.07, 6.45) is 3.38. The number of anilines is 1. The van der Waals surface area contributed by atoms with Crippen molar-refractivity contribution in [3.8, 4) is 11.3 Å². The Morgan fingerprint density at radius 3 is 2.62 bits per heavy atom. The lowest BCUT2D eigenvalue weighted by Gasteiger charge is -2.10. The molecule has 9 heteroatoms. The van der Waals surface area contributed by atoms with Gasteiger partial charge in [-0.25, -0.2) is 9.78 Å². The number of pyridine rings is 1. The van der Waals surface area contributed by atoms with Crippen LogP contribution in [0.4, 0.5) is 5.69 Å². The highest BCUT2D eigenvalue weighted by Crippen LogP contribution is 2.28. The van der Waals surface area contributed by atoms with Crippen molar-refractivity contribution in [2.75, 3.05) is 12.4 Å². The van der Waals surface area contributed by atoms with E-state index in [2.05, 4.69) is 15.5 Å². The van der Waals surface area contributed by atoms with Gasteiger partial charge in [0.1, 0.15) is 0 Å². The van der Waals surface area contributed by atoms with Gasteiger partial charge in [0.25, 0.3) is 5.91 Å². The minimum Gasteiger partial charge on any atom is -0.464 e. The van der Waals surface area contributed by atoms with Gasteiger partial charge in [-0.15, -0.1) is 0 Å². The molecule has 4 aromatic rings. The lowest BCUT2D eigenvalue weighted by Crippen LogP contribution is -2.15. The largest absolute Gasteiger partial charge is 0.464 e. The smallest absolute Gasteiger partial charge is 0.360 e. The minimum atomic E-state index is -0.615. The Morgan fingerprint density at radius 1 is 1.16 bits per heavy atom. The van der Waals surface area contributed by atoms with Crippen LogP contribution in [0.1, 0.15) is 40.4 Å². The first-order valence-corrected chi connectivity index (χ1v) is 10.4. The molecule has 0 saturated carbocycles. The third kappa shape index (κ3) is 3.73. The number of carbonyl (C=O) groups excluding carboxylic acids is 2. The number of carbonyl (C=O) groups is 2. The van der Waals surface area contributed by atoms with Crippen LogP contribution in [-0.2, 0) is 17.8 Å². The molecule has 4 rings (SSSR count). The number of nitrogens with zero attached hydrogens (tertiary/aromatic N) is 5. The number of esters is 1. The van der Waals surface area contributed by atoms with E-state index in [-0.39, 0.29) is 11.6 Å². The lowest BCUT2D eigenvalue weighted by molar-refractivity contribution is 0.0594. The van der Waals surface area contributed by atoms with Gasteiger partial charge in [-0.05, 0) is 32.9 Å². The Bertz CT molecular complexity index is 1320. The first-order chi connectivity index (χ1) is 15.5. The van der Waals surface area contributed by atoms with E-state index in [1.54, 1.807) is 23.1 Å². The number of hydrogen-bond donors (Lipinski definition) is 1. The van der Waals surface area contributed by atoms with E-state index >= 15 is 0 Å². The second-order valence-electron chi connectivity index (χ2n) is 7.22. The quantitative estimate of drug-likeness (QED) is 0.466. The molecule has 0 aliphatic heterocycles. The Morgan fingerprint density at radius 2 is 1.94 bits per heavy atom. The van der Waals surface area contributed by atoms with Crippen molar-refractivity contribution in [1.82, 2.24) is 24.5 Å². The molecular formula is C23H24N6O3. The summed E-state index contributed by atoms with van der Waals surface area (Å²) in [5.41, 5.74) is 3.97. The minimum absolute atomic E-state index is 0.0568. The maximum Gasteiger partial charge on any atom is 0.360 e. The highest BCUT2D eigenvalue weighted by atomic mass is 16.5. The first kappa shape index (κ1) is 21.2. The topological polar surface area (TPSA) is 104 Å². The number of benzene rings is 1. The van der Waals surface area contributed by atoms with E-state index in [0.29, 0.717) is 34.4 Å². The molecule has 32 heavy (non-hydrogen) atoms. The summed E-state index contributed by atoms with van der Waals surface area (Å²) in [5.74, 6) is -0.985. The van der Waals surface area contributed by atoms with Crippen LogP contribution in [0.5, 0.6) is 0 Å². The van der Waals surface area contributed by atoms with Crippen LogP contribution >= 0.6 is 0 Å². The molecule has 9 nitrogen and oxygen atoms in total. The summed E-state index contributed by atoms with van der Waals surface area (Å²) in [6, 6.07) is 9.20. The standard InChI is InChI=1S/C23H24N6O3/c1-5-28-13-20(21(27-28)23(31)32-4)26-22(30)16-11-19(17-12-24-29(6-2)14(17)3)25-18-10-8-7-9-15(16)18/h7-13H,5-6H2,1-4H3,(H,26,30). The molecule has 0 aliphatic rings. The van der Waals surface area contributed by atoms with Crippen LogP contribution in [0.15, 0.2) is 42.7 Å². The molecule has 0 unspecified atom stereocenters. The van der Waals surface area contributed by atoms with Crippen LogP contribution in [0.2, 0.25) is 0 Å². The molecule has 1 N–H and O–H groups in total. The second-order valence-corrected chi connectivity index (χ2v) is 7.22. The average molecular weight is 432 g/mol. The Kier molecular flexibility index (Phi) is 5.72. The number of methoxy groups -OCH3 is 1. The summed E-state index contributed by atoms with van der Waals surface area (Å²) in [5, 5.41) is 12.1. The number of aromatic nitrogens is 5. The average Bonchev–Trinajstić information content (AvgIpc) is 3.40. The van der Waals surface area contributed by atoms with Crippen molar-refractivity contribution >= 4 is 28.5 Å². The second kappa shape index (κ2) is 8.62. The number of ether oxygens (including phenoxy) is 1. The molecule has 3 aromatic heterocycles. The Balaban J connectivity index is 1.80. The van der Waals surface area contributed by atoms with Crippen LogP contribution < -0.4 is 5.32 Å². The highest BCUT2D eigenvalue weighted by molar-refractivity contribution is 6.14. The maximum atomic E-state index is 13.4. The van der Waals surface area contributed by atoms with Gasteiger partial charge in [0.05, 0.1) is 35.8 Å². The van der Waals surface area contributed by atoms with Gasteiger partial charge < -0.3 is 10.1 Å². The zero-order valence-corrected chi connectivity index (χ0v) is 18.4. The van der Waals surface area contributed by atoms with Crippen molar-refractivity contribution in [1.29, 1.82) is 0 Å². The molecule has 0 bridgehead atoms. The Hall–Kier alpha value is -4.01. The fourth-order valence-corrected chi connectivity index (χ4v) is 3.63. The zero-order valence-electron chi connectivity index (χ0n) is 18.4. The number of hydrogen-bond acceptors (Lipinski definition) is 6. The van der Waals surface area contributed by atoms with E-state index in [1.165, 1.54) is 7.11 Å². The molecule has 0 atom stereocenters. The van der Waals surface area contributed by atoms with Crippen molar-refractivity contribution in [3.63, 3.8) is 0 Å². The predicted octanol–water partition coefficient (Wildman–Crippen LogP) is 3.68. The molecule has 0 radical (unpaired) electrons. The highest BCUT2D eigenvalue weighted by Gasteiger charge is 2.22. The third-order valence-electron chi connectivity index (χ3n) is 5.35. The number of para-hydroxylation sites is 1. The lowest BCUT2D eigenvalue weighted by atomic mass is 10.0. The normalized spacial score (nSPS) is 11.0. The van der Waals surface area contributed by atoms with Crippen molar-refractivity contribution in [2.45, 2.75) is 33.9 Å². The zero-order chi connectivity index (χ0) is 22.8. The summed E-state index contributed by atoms with van der Waals surface area (Å²) in [6.45, 7) is 7.17. The van der Waals surface area contributed by atoms with Gasteiger partial charge in [0.2, 0.25) is 0 Å². The van der Waals surface area contributed by atoms with Gasteiger partial charge >= 0.3 is 5.97 Å². The number of aryl methyl sites for hydroxylation is 2. The molecule has 1 amide bonds. The van der Waals surface area contributed by atoms with Gasteiger partial charge in [-0.2, -0.15) is 10.2 Å². The maximum absolute atomic E-state index is 13.4. The number of fused-ring (bicyclic) bond motifs is 1. The molecule has 1 aromatic carbocycles. The van der Waals surface area contributed by atoms with E-state index < -0.39 is 5.97 Å². The summed E-state index contributed by atoms with van der Waals surface area (Å²) in [4.78, 5) is 30.3. The molecule has 0 spiro atoms. The van der Waals surface area contributed by atoms with Crippen LogP contribution in [-0.4, -0.2) is 43.5 Å². The fourth-order valence-electron chi connectivity index (χ4n) is 3.63. The van der Waals surface area contributed by atoms with E-state index in [9.17, 15) is 9.59 Å². The van der Waals surface area contributed by atoms with Gasteiger partial charge in [-0.3, -0.25) is 14.2 Å². The fraction of sp³-hybridized carbons (Fsp3) is 0.261. The Labute approximate surface area is 185 Å². The summed E-state index contributed by atoms with van der Waals surface area (Å²) < 4.78 is 8.26. The van der Waals surface area contributed by atoms with Crippen LogP contribution in [0.3, 0.4) is 0 Å².